The third-order valence-corrected chi connectivity index (χ3v) is 6.34. The van der Waals surface area contributed by atoms with E-state index >= 15 is 0 Å². The number of aliphatic hydroxyl groups is 1. The van der Waals surface area contributed by atoms with Gasteiger partial charge in [0, 0.05) is 12.0 Å². The molecule has 0 aliphatic carbocycles. The molecule has 0 aromatic heterocycles. The van der Waals surface area contributed by atoms with Crippen LogP contribution < -0.4 is 0 Å². The molecule has 2 atom stereocenters. The number of fused-ring (bicyclic) bond motifs is 1. The molecule has 148 valence electrons. The van der Waals surface area contributed by atoms with Crippen molar-refractivity contribution in [1.82, 2.24) is 4.90 Å². The number of carbonyl (C=O) groups excluding carboxylic acids is 1. The fourth-order valence-corrected chi connectivity index (χ4v) is 4.82. The molecule has 2 heterocycles. The summed E-state index contributed by atoms with van der Waals surface area (Å²) in [7, 11) is 0. The predicted molar refractivity (Wildman–Crippen MR) is 109 cm³/mol. The smallest absolute Gasteiger partial charge is 0.347 e. The lowest BCUT2D eigenvalue weighted by Crippen LogP contribution is -2.50. The summed E-state index contributed by atoms with van der Waals surface area (Å²) in [6.07, 6.45) is 5.95. The van der Waals surface area contributed by atoms with Gasteiger partial charge in [-0.25, -0.2) is 4.79 Å². The molecular weight excluding hydrogens is 350 g/mol. The van der Waals surface area contributed by atoms with Crippen molar-refractivity contribution in [2.24, 2.45) is 5.92 Å². The summed E-state index contributed by atoms with van der Waals surface area (Å²) in [5.41, 5.74) is -0.716. The van der Waals surface area contributed by atoms with Crippen LogP contribution in [-0.2, 0) is 15.1 Å². The molecule has 0 saturated carbocycles. The second-order valence-electron chi connectivity index (χ2n) is 8.04. The number of hydrogen-bond donors (Lipinski definition) is 1. The summed E-state index contributed by atoms with van der Waals surface area (Å²) < 4.78 is 5.79. The Balaban J connectivity index is 1.53. The molecule has 4 rings (SSSR count). The predicted octanol–water partition coefficient (Wildman–Crippen LogP) is 3.73. The van der Waals surface area contributed by atoms with Crippen LogP contribution in [0.4, 0.5) is 0 Å². The van der Waals surface area contributed by atoms with E-state index in [1.165, 1.54) is 19.3 Å². The lowest BCUT2D eigenvalue weighted by molar-refractivity contribution is -0.165. The van der Waals surface area contributed by atoms with Gasteiger partial charge in [-0.3, -0.25) is 4.90 Å². The van der Waals surface area contributed by atoms with E-state index in [1.54, 1.807) is 24.3 Å². The first-order chi connectivity index (χ1) is 13.7. The zero-order valence-electron chi connectivity index (χ0n) is 16.3. The van der Waals surface area contributed by atoms with Crippen molar-refractivity contribution in [3.05, 3.63) is 71.8 Å². The van der Waals surface area contributed by atoms with Crippen molar-refractivity contribution in [1.29, 1.82) is 0 Å². The molecule has 28 heavy (non-hydrogen) atoms. The molecule has 4 nitrogen and oxygen atoms in total. The summed E-state index contributed by atoms with van der Waals surface area (Å²) >= 11 is 0. The van der Waals surface area contributed by atoms with Crippen LogP contribution in [0.1, 0.15) is 43.2 Å². The van der Waals surface area contributed by atoms with Crippen molar-refractivity contribution in [2.45, 2.75) is 43.7 Å². The Hall–Kier alpha value is -2.17. The van der Waals surface area contributed by atoms with E-state index < -0.39 is 11.6 Å². The molecule has 2 saturated heterocycles. The third-order valence-electron chi connectivity index (χ3n) is 6.34. The maximum atomic E-state index is 13.2. The van der Waals surface area contributed by atoms with Crippen molar-refractivity contribution >= 4 is 5.97 Å². The number of esters is 1. The van der Waals surface area contributed by atoms with Crippen molar-refractivity contribution < 1.29 is 14.6 Å². The van der Waals surface area contributed by atoms with Gasteiger partial charge in [-0.15, -0.1) is 0 Å². The molecule has 2 aliphatic rings. The molecule has 0 bridgehead atoms. The van der Waals surface area contributed by atoms with E-state index in [-0.39, 0.29) is 0 Å². The zero-order valence-corrected chi connectivity index (χ0v) is 16.3. The van der Waals surface area contributed by atoms with Gasteiger partial charge in [-0.1, -0.05) is 67.1 Å². The monoisotopic (exact) mass is 379 g/mol. The molecule has 0 unspecified atom stereocenters. The highest BCUT2D eigenvalue weighted by molar-refractivity contribution is 5.85. The summed E-state index contributed by atoms with van der Waals surface area (Å²) in [4.78, 5) is 15.7. The second kappa shape index (κ2) is 8.46. The van der Waals surface area contributed by atoms with Gasteiger partial charge in [-0.2, -0.15) is 0 Å². The van der Waals surface area contributed by atoms with Gasteiger partial charge >= 0.3 is 5.97 Å². The van der Waals surface area contributed by atoms with Gasteiger partial charge in [-0.05, 0) is 49.9 Å². The molecule has 2 aromatic rings. The molecule has 0 spiro atoms. The van der Waals surface area contributed by atoms with E-state index in [1.807, 2.05) is 36.4 Å². The standard InChI is InChI=1S/C24H29NO3/c26-23(28-18-19-10-9-17-25-16-8-7-15-22(19)25)24(27,20-11-3-1-4-12-20)21-13-5-2-6-14-21/h1-6,11-14,19,22,27H,7-10,15-18H2/t19-,22+/m0/s1. The maximum Gasteiger partial charge on any atom is 0.347 e. The summed E-state index contributed by atoms with van der Waals surface area (Å²) in [5, 5.41) is 11.5. The van der Waals surface area contributed by atoms with Gasteiger partial charge in [0.25, 0.3) is 0 Å². The fraction of sp³-hybridized carbons (Fsp3) is 0.458. The van der Waals surface area contributed by atoms with Crippen LogP contribution >= 0.6 is 0 Å². The average molecular weight is 380 g/mol. The van der Waals surface area contributed by atoms with Gasteiger partial charge < -0.3 is 9.84 Å². The minimum absolute atomic E-state index is 0.355. The molecule has 0 radical (unpaired) electrons. The molecule has 2 fully saturated rings. The Morgan fingerprint density at radius 1 is 0.929 bits per heavy atom. The van der Waals surface area contributed by atoms with Gasteiger partial charge in [0.1, 0.15) is 0 Å². The van der Waals surface area contributed by atoms with E-state index in [0.717, 1.165) is 25.9 Å². The maximum absolute atomic E-state index is 13.2. The first-order valence-corrected chi connectivity index (χ1v) is 10.4. The first-order valence-electron chi connectivity index (χ1n) is 10.4. The van der Waals surface area contributed by atoms with Crippen LogP contribution in [-0.4, -0.2) is 41.7 Å². The normalized spacial score (nSPS) is 23.0. The fourth-order valence-electron chi connectivity index (χ4n) is 4.82. The van der Waals surface area contributed by atoms with Crippen LogP contribution in [0.2, 0.25) is 0 Å². The Kier molecular flexibility index (Phi) is 5.79. The molecule has 2 aromatic carbocycles. The zero-order chi connectivity index (χ0) is 19.4. The van der Waals surface area contributed by atoms with E-state index in [0.29, 0.717) is 29.7 Å². The van der Waals surface area contributed by atoms with Crippen LogP contribution in [0, 0.1) is 5.92 Å². The summed E-state index contributed by atoms with van der Waals surface area (Å²) in [5.74, 6) is -0.230. The van der Waals surface area contributed by atoms with Crippen LogP contribution in [0.3, 0.4) is 0 Å². The summed E-state index contributed by atoms with van der Waals surface area (Å²) in [6, 6.07) is 18.7. The SMILES string of the molecule is O=C(OC[C@@H]1CCCN2CCCC[C@H]12)C(O)(c1ccccc1)c1ccccc1. The minimum atomic E-state index is -1.79. The van der Waals surface area contributed by atoms with Crippen LogP contribution in [0.25, 0.3) is 0 Å². The third kappa shape index (κ3) is 3.71. The molecule has 0 amide bonds. The van der Waals surface area contributed by atoms with Crippen molar-refractivity contribution in [3.8, 4) is 0 Å². The molecule has 4 heteroatoms. The van der Waals surface area contributed by atoms with Crippen LogP contribution in [0.15, 0.2) is 60.7 Å². The average Bonchev–Trinajstić information content (AvgIpc) is 2.78. The highest BCUT2D eigenvalue weighted by atomic mass is 16.5. The highest BCUT2D eigenvalue weighted by Gasteiger charge is 2.42. The number of piperidine rings is 2. The van der Waals surface area contributed by atoms with Crippen molar-refractivity contribution in [2.75, 3.05) is 19.7 Å². The topological polar surface area (TPSA) is 49.8 Å². The Bertz CT molecular complexity index is 735. The van der Waals surface area contributed by atoms with E-state index in [9.17, 15) is 9.90 Å². The second-order valence-corrected chi connectivity index (χ2v) is 8.04. The van der Waals surface area contributed by atoms with Gasteiger partial charge in [0.15, 0.2) is 0 Å². The molecule has 2 aliphatic heterocycles. The van der Waals surface area contributed by atoms with Crippen molar-refractivity contribution in [3.63, 3.8) is 0 Å². The number of rotatable bonds is 5. The highest BCUT2D eigenvalue weighted by Crippen LogP contribution is 2.34. The number of hydrogen-bond acceptors (Lipinski definition) is 4. The van der Waals surface area contributed by atoms with Gasteiger partial charge in [0.2, 0.25) is 5.60 Å². The Morgan fingerprint density at radius 3 is 2.18 bits per heavy atom. The molecular formula is C24H29NO3. The summed E-state index contributed by atoms with van der Waals surface area (Å²) in [6.45, 7) is 2.70. The van der Waals surface area contributed by atoms with Gasteiger partial charge in [0.05, 0.1) is 6.61 Å². The number of carbonyl (C=O) groups is 1. The number of ether oxygens (including phenoxy) is 1. The van der Waals surface area contributed by atoms with Crippen LogP contribution in [0.5, 0.6) is 0 Å². The first kappa shape index (κ1) is 19.2. The van der Waals surface area contributed by atoms with E-state index in [2.05, 4.69) is 4.90 Å². The largest absolute Gasteiger partial charge is 0.463 e. The lowest BCUT2D eigenvalue weighted by Gasteiger charge is -2.44. The molecule has 1 N–H and O–H groups in total. The Labute approximate surface area is 167 Å². The lowest BCUT2D eigenvalue weighted by atomic mass is 9.83. The number of nitrogens with zero attached hydrogens (tertiary/aromatic N) is 1. The number of benzene rings is 2. The minimum Gasteiger partial charge on any atom is -0.463 e. The quantitative estimate of drug-likeness (QED) is 0.805. The van der Waals surface area contributed by atoms with E-state index in [4.69, 9.17) is 4.74 Å². The Morgan fingerprint density at radius 2 is 1.54 bits per heavy atom.